The van der Waals surface area contributed by atoms with E-state index in [0.717, 1.165) is 3.82 Å². The molecule has 0 radical (unpaired) electrons. The molecule has 0 bridgehead atoms. The van der Waals surface area contributed by atoms with E-state index in [-0.39, 0.29) is 6.04 Å². The quantitative estimate of drug-likeness (QED) is 0.542. The van der Waals surface area contributed by atoms with Crippen LogP contribution in [0.3, 0.4) is 0 Å². The van der Waals surface area contributed by atoms with Crippen LogP contribution in [0.25, 0.3) is 0 Å². The molecule has 13 heavy (non-hydrogen) atoms. The van der Waals surface area contributed by atoms with Gasteiger partial charge in [-0.1, -0.05) is 32.9 Å². The smallest absolute Gasteiger partial charge is 0.107 e. The molecule has 5 heteroatoms. The molecular weight excluding hydrogens is 220 g/mol. The third kappa shape index (κ3) is 1.72. The Hall–Kier alpha value is -0.520. The first-order chi connectivity index (χ1) is 6.29. The van der Waals surface area contributed by atoms with E-state index >= 15 is 0 Å². The molecule has 0 N–H and O–H groups in total. The summed E-state index contributed by atoms with van der Waals surface area (Å²) in [5, 5.41) is 2.11. The molecule has 0 spiro atoms. The van der Waals surface area contributed by atoms with Crippen molar-refractivity contribution in [1.29, 1.82) is 0 Å². The second-order valence-corrected chi connectivity index (χ2v) is 5.49. The van der Waals surface area contributed by atoms with Crippen LogP contribution in [0.1, 0.15) is 11.6 Å². The lowest BCUT2D eigenvalue weighted by molar-refractivity contribution is 0.414. The first-order valence-corrected chi connectivity index (χ1v) is 6.41. The molecule has 0 fully saturated rings. The summed E-state index contributed by atoms with van der Waals surface area (Å²) in [5.74, 6) is 0. The summed E-state index contributed by atoms with van der Waals surface area (Å²) in [6.45, 7) is 0. The summed E-state index contributed by atoms with van der Waals surface area (Å²) in [7, 11) is 5.36. The molecule has 2 rings (SSSR count). The Kier molecular flexibility index (Phi) is 2.57. The van der Waals surface area contributed by atoms with E-state index in [2.05, 4.69) is 15.3 Å². The van der Waals surface area contributed by atoms with Gasteiger partial charge in [-0.15, -0.1) is 0 Å². The minimum Gasteiger partial charge on any atom is -0.367 e. The standard InChI is InChI=1S/C8H8N2S3/c1-10-3-2-9-4-7(10)6-5-12-13-8(6)11/h2-5,7H,1H3. The third-order valence-corrected chi connectivity index (χ3v) is 4.62. The number of hydrogen-bond acceptors (Lipinski definition) is 5. The second kappa shape index (κ2) is 3.69. The monoisotopic (exact) mass is 228 g/mol. The largest absolute Gasteiger partial charge is 0.367 e. The maximum Gasteiger partial charge on any atom is 0.107 e. The van der Waals surface area contributed by atoms with Gasteiger partial charge in [0.05, 0.1) is 6.04 Å². The van der Waals surface area contributed by atoms with Crippen LogP contribution < -0.4 is 0 Å². The SMILES string of the molecule is CN1C=CN=CC1c1cssc1=S. The highest BCUT2D eigenvalue weighted by Gasteiger charge is 2.16. The molecule has 0 aliphatic carbocycles. The Morgan fingerprint density at radius 1 is 1.62 bits per heavy atom. The van der Waals surface area contributed by atoms with Crippen LogP contribution in [-0.4, -0.2) is 18.2 Å². The van der Waals surface area contributed by atoms with Crippen molar-refractivity contribution in [2.75, 3.05) is 7.05 Å². The third-order valence-electron chi connectivity index (χ3n) is 1.91. The van der Waals surface area contributed by atoms with Gasteiger partial charge in [0.15, 0.2) is 0 Å². The molecule has 2 heterocycles. The molecule has 0 saturated heterocycles. The fraction of sp³-hybridized carbons (Fsp3) is 0.250. The van der Waals surface area contributed by atoms with Crippen LogP contribution >= 0.6 is 32.9 Å². The van der Waals surface area contributed by atoms with E-state index < -0.39 is 0 Å². The van der Waals surface area contributed by atoms with Crippen molar-refractivity contribution in [2.24, 2.45) is 4.99 Å². The fourth-order valence-corrected chi connectivity index (χ4v) is 3.64. The number of nitrogens with zero attached hydrogens (tertiary/aromatic N) is 2. The Morgan fingerprint density at radius 2 is 2.46 bits per heavy atom. The number of rotatable bonds is 1. The summed E-state index contributed by atoms with van der Waals surface area (Å²) in [5.41, 5.74) is 1.20. The Bertz CT molecular complexity index is 402. The van der Waals surface area contributed by atoms with Crippen molar-refractivity contribution >= 4 is 39.1 Å². The highest BCUT2D eigenvalue weighted by molar-refractivity contribution is 7.79. The fourth-order valence-electron chi connectivity index (χ4n) is 1.18. The van der Waals surface area contributed by atoms with Crippen molar-refractivity contribution in [1.82, 2.24) is 4.90 Å². The summed E-state index contributed by atoms with van der Waals surface area (Å²) >= 11 is 5.24. The topological polar surface area (TPSA) is 15.6 Å². The van der Waals surface area contributed by atoms with Gasteiger partial charge in [0.2, 0.25) is 0 Å². The normalized spacial score (nSPS) is 21.0. The number of aliphatic imine (C=N–C) groups is 1. The molecule has 68 valence electrons. The summed E-state index contributed by atoms with van der Waals surface area (Å²) < 4.78 is 0.976. The van der Waals surface area contributed by atoms with Crippen molar-refractivity contribution in [3.05, 3.63) is 27.2 Å². The molecule has 1 atom stereocenters. The Balaban J connectivity index is 2.37. The van der Waals surface area contributed by atoms with Gasteiger partial charge < -0.3 is 4.90 Å². The molecule has 0 amide bonds. The molecule has 0 saturated carbocycles. The molecule has 1 unspecified atom stereocenters. The highest BCUT2D eigenvalue weighted by atomic mass is 32.9. The Labute approximate surface area is 89.2 Å². The molecular formula is C8H8N2S3. The average Bonchev–Trinajstić information content (AvgIpc) is 2.52. The zero-order chi connectivity index (χ0) is 9.26. The van der Waals surface area contributed by atoms with E-state index in [1.54, 1.807) is 26.9 Å². The lowest BCUT2D eigenvalue weighted by Gasteiger charge is -2.24. The van der Waals surface area contributed by atoms with Crippen LogP contribution in [0, 0.1) is 3.82 Å². The van der Waals surface area contributed by atoms with Crippen molar-refractivity contribution in [3.8, 4) is 0 Å². The van der Waals surface area contributed by atoms with E-state index in [1.165, 1.54) is 5.56 Å². The van der Waals surface area contributed by atoms with Crippen LogP contribution in [-0.2, 0) is 0 Å². The van der Waals surface area contributed by atoms with Crippen molar-refractivity contribution in [2.45, 2.75) is 6.04 Å². The van der Waals surface area contributed by atoms with E-state index in [0.29, 0.717) is 0 Å². The van der Waals surface area contributed by atoms with Crippen LogP contribution in [0.5, 0.6) is 0 Å². The van der Waals surface area contributed by atoms with E-state index in [4.69, 9.17) is 12.2 Å². The first kappa shape index (κ1) is 9.05. The van der Waals surface area contributed by atoms with Gasteiger partial charge in [0.1, 0.15) is 3.82 Å². The summed E-state index contributed by atoms with van der Waals surface area (Å²) in [4.78, 5) is 6.23. The Morgan fingerprint density at radius 3 is 3.08 bits per heavy atom. The lowest BCUT2D eigenvalue weighted by atomic mass is 10.1. The first-order valence-electron chi connectivity index (χ1n) is 3.78. The molecule has 1 aliphatic heterocycles. The van der Waals surface area contributed by atoms with Gasteiger partial charge in [-0.2, -0.15) is 0 Å². The molecule has 0 aromatic carbocycles. The maximum atomic E-state index is 5.24. The molecule has 1 aliphatic rings. The predicted molar refractivity (Wildman–Crippen MR) is 61.2 cm³/mol. The van der Waals surface area contributed by atoms with Gasteiger partial charge in [0, 0.05) is 36.6 Å². The van der Waals surface area contributed by atoms with Gasteiger partial charge in [-0.05, 0) is 0 Å². The lowest BCUT2D eigenvalue weighted by Crippen LogP contribution is -2.21. The summed E-state index contributed by atoms with van der Waals surface area (Å²) in [6, 6.07) is 0.222. The van der Waals surface area contributed by atoms with Crippen LogP contribution in [0.15, 0.2) is 22.8 Å². The van der Waals surface area contributed by atoms with Crippen LogP contribution in [0.2, 0.25) is 0 Å². The minimum atomic E-state index is 0.222. The predicted octanol–water partition coefficient (Wildman–Crippen LogP) is 3.07. The van der Waals surface area contributed by atoms with Crippen molar-refractivity contribution in [3.63, 3.8) is 0 Å². The van der Waals surface area contributed by atoms with E-state index in [1.807, 2.05) is 19.5 Å². The zero-order valence-electron chi connectivity index (χ0n) is 7.01. The van der Waals surface area contributed by atoms with Gasteiger partial charge in [-0.3, -0.25) is 4.99 Å². The van der Waals surface area contributed by atoms with Crippen LogP contribution in [0.4, 0.5) is 0 Å². The summed E-state index contributed by atoms with van der Waals surface area (Å²) in [6.07, 6.45) is 5.67. The van der Waals surface area contributed by atoms with Gasteiger partial charge in [-0.25, -0.2) is 0 Å². The van der Waals surface area contributed by atoms with Gasteiger partial charge >= 0.3 is 0 Å². The number of hydrogen-bond donors (Lipinski definition) is 0. The average molecular weight is 228 g/mol. The molecule has 1 aromatic heterocycles. The second-order valence-electron chi connectivity index (χ2n) is 2.75. The maximum absolute atomic E-state index is 5.24. The van der Waals surface area contributed by atoms with E-state index in [9.17, 15) is 0 Å². The van der Waals surface area contributed by atoms with Gasteiger partial charge in [0.25, 0.3) is 0 Å². The zero-order valence-corrected chi connectivity index (χ0v) is 9.46. The van der Waals surface area contributed by atoms with Crippen molar-refractivity contribution < 1.29 is 0 Å². The molecule has 1 aromatic rings. The molecule has 2 nitrogen and oxygen atoms in total. The minimum absolute atomic E-state index is 0.222. The highest BCUT2D eigenvalue weighted by Crippen LogP contribution is 2.27.